The lowest BCUT2D eigenvalue weighted by Crippen LogP contribution is -2.35. The summed E-state index contributed by atoms with van der Waals surface area (Å²) >= 11 is 3.52. The maximum atomic E-state index is 12.4. The van der Waals surface area contributed by atoms with Gasteiger partial charge in [-0.25, -0.2) is 0 Å². The normalized spacial score (nSPS) is 13.8. The van der Waals surface area contributed by atoms with Crippen molar-refractivity contribution in [3.05, 3.63) is 44.9 Å². The molecule has 1 heterocycles. The van der Waals surface area contributed by atoms with E-state index >= 15 is 0 Å². The van der Waals surface area contributed by atoms with E-state index in [-0.39, 0.29) is 6.67 Å². The van der Waals surface area contributed by atoms with Crippen molar-refractivity contribution in [3.8, 4) is 6.07 Å². The fraction of sp³-hybridized carbons (Fsp3) is 0.400. The van der Waals surface area contributed by atoms with Crippen LogP contribution in [0.5, 0.6) is 0 Å². The monoisotopic (exact) mass is 322 g/mol. The Balaban J connectivity index is 2.19. The zero-order valence-corrected chi connectivity index (χ0v) is 12.3. The summed E-state index contributed by atoms with van der Waals surface area (Å²) in [6, 6.07) is 7.77. The lowest BCUT2D eigenvalue weighted by atomic mass is 9.93. The molecule has 1 saturated heterocycles. The van der Waals surface area contributed by atoms with Crippen molar-refractivity contribution in [1.29, 1.82) is 5.26 Å². The molecule has 1 N–H and O–H groups in total. The summed E-state index contributed by atoms with van der Waals surface area (Å²) in [6.45, 7) is 1.55. The van der Waals surface area contributed by atoms with Crippen LogP contribution < -0.4 is 5.32 Å². The number of hydrogen-bond acceptors (Lipinski definition) is 2. The van der Waals surface area contributed by atoms with E-state index < -0.39 is 0 Å². The van der Waals surface area contributed by atoms with Gasteiger partial charge in [-0.05, 0) is 48.6 Å². The average molecular weight is 323 g/mol. The molecule has 0 bridgehead atoms. The summed E-state index contributed by atoms with van der Waals surface area (Å²) in [5.41, 5.74) is 4.47. The number of nitriles is 1. The zero-order valence-electron chi connectivity index (χ0n) is 10.7. The molecule has 1 aliphatic rings. The number of rotatable bonds is 5. The zero-order chi connectivity index (χ0) is 13.7. The molecule has 1 aromatic rings. The molecule has 0 spiro atoms. The molecule has 0 aliphatic carbocycles. The van der Waals surface area contributed by atoms with Gasteiger partial charge in [0, 0.05) is 17.6 Å². The van der Waals surface area contributed by atoms with E-state index in [0.29, 0.717) is 12.0 Å². The van der Waals surface area contributed by atoms with Gasteiger partial charge in [-0.3, -0.25) is 4.39 Å². The number of nitrogens with one attached hydrogen (secondary N) is 1. The molecular formula is C15H16BrFN2. The molecule has 0 radical (unpaired) electrons. The van der Waals surface area contributed by atoms with E-state index in [9.17, 15) is 4.39 Å². The summed E-state index contributed by atoms with van der Waals surface area (Å²) in [4.78, 5) is 0. The van der Waals surface area contributed by atoms with Crippen LogP contribution in [0.3, 0.4) is 0 Å². The highest BCUT2D eigenvalue weighted by atomic mass is 79.9. The average Bonchev–Trinajstić information content (AvgIpc) is 2.36. The molecule has 2 rings (SSSR count). The van der Waals surface area contributed by atoms with Gasteiger partial charge in [0.05, 0.1) is 18.3 Å². The number of alkyl halides is 1. The minimum atomic E-state index is -0.274. The Morgan fingerprint density at radius 3 is 2.79 bits per heavy atom. The molecular weight excluding hydrogens is 307 g/mol. The van der Waals surface area contributed by atoms with Gasteiger partial charge in [0.15, 0.2) is 0 Å². The van der Waals surface area contributed by atoms with E-state index in [1.54, 1.807) is 6.07 Å². The van der Waals surface area contributed by atoms with Gasteiger partial charge in [0.1, 0.15) is 0 Å². The second kappa shape index (κ2) is 6.83. The van der Waals surface area contributed by atoms with Gasteiger partial charge in [-0.1, -0.05) is 21.5 Å². The molecule has 0 aromatic heterocycles. The minimum Gasteiger partial charge on any atom is -0.309 e. The van der Waals surface area contributed by atoms with Crippen molar-refractivity contribution in [1.82, 2.24) is 5.32 Å². The van der Waals surface area contributed by atoms with Crippen molar-refractivity contribution < 1.29 is 4.39 Å². The molecule has 1 aromatic carbocycles. The van der Waals surface area contributed by atoms with Gasteiger partial charge in [0.2, 0.25) is 0 Å². The number of benzene rings is 1. The predicted molar refractivity (Wildman–Crippen MR) is 77.7 cm³/mol. The standard InChI is InChI=1S/C15H16BrFN2/c16-15-4-3-11(8-18)6-13(15)7-12(2-1-5-17)14-9-19-10-14/h3-4,6,19H,1-2,5,7,9-10H2. The van der Waals surface area contributed by atoms with E-state index in [1.165, 1.54) is 11.1 Å². The maximum absolute atomic E-state index is 12.4. The van der Waals surface area contributed by atoms with Crippen LogP contribution in [-0.2, 0) is 6.42 Å². The van der Waals surface area contributed by atoms with Crippen molar-refractivity contribution >= 4 is 15.9 Å². The summed E-state index contributed by atoms with van der Waals surface area (Å²) in [6.07, 6.45) is 2.18. The topological polar surface area (TPSA) is 35.8 Å². The van der Waals surface area contributed by atoms with E-state index in [1.807, 2.05) is 12.1 Å². The summed E-state index contributed by atoms with van der Waals surface area (Å²) < 4.78 is 13.4. The van der Waals surface area contributed by atoms with Crippen molar-refractivity contribution in [2.24, 2.45) is 0 Å². The highest BCUT2D eigenvalue weighted by molar-refractivity contribution is 9.10. The molecule has 2 nitrogen and oxygen atoms in total. The van der Waals surface area contributed by atoms with Crippen LogP contribution in [0.4, 0.5) is 4.39 Å². The minimum absolute atomic E-state index is 0.274. The smallest absolute Gasteiger partial charge is 0.0991 e. The van der Waals surface area contributed by atoms with Crippen LogP contribution in [0.25, 0.3) is 0 Å². The van der Waals surface area contributed by atoms with Gasteiger partial charge in [-0.2, -0.15) is 5.26 Å². The predicted octanol–water partition coefficient (Wildman–Crippen LogP) is 3.51. The highest BCUT2D eigenvalue weighted by Crippen LogP contribution is 2.25. The number of nitrogens with zero attached hydrogens (tertiary/aromatic N) is 1. The first kappa shape index (κ1) is 14.2. The molecule has 4 heteroatoms. The third kappa shape index (κ3) is 3.65. The largest absolute Gasteiger partial charge is 0.309 e. The Morgan fingerprint density at radius 2 is 2.21 bits per heavy atom. The lowest BCUT2D eigenvalue weighted by Gasteiger charge is -2.24. The number of halogens is 2. The molecule has 19 heavy (non-hydrogen) atoms. The summed E-state index contributed by atoms with van der Waals surface area (Å²) in [5, 5.41) is 12.2. The van der Waals surface area contributed by atoms with Crippen molar-refractivity contribution in [3.63, 3.8) is 0 Å². The number of hydrogen-bond donors (Lipinski definition) is 1. The van der Waals surface area contributed by atoms with E-state index in [4.69, 9.17) is 5.26 Å². The maximum Gasteiger partial charge on any atom is 0.0991 e. The first-order valence-corrected chi connectivity index (χ1v) is 7.19. The SMILES string of the molecule is N#Cc1ccc(Br)c(CC(CCCF)=C2CNC2)c1. The molecule has 0 saturated carbocycles. The Kier molecular flexibility index (Phi) is 5.12. The van der Waals surface area contributed by atoms with Crippen LogP contribution in [0.2, 0.25) is 0 Å². The second-order valence-electron chi connectivity index (χ2n) is 4.70. The Labute approximate surface area is 121 Å². The lowest BCUT2D eigenvalue weighted by molar-refractivity contribution is 0.469. The van der Waals surface area contributed by atoms with Crippen LogP contribution in [-0.4, -0.2) is 19.8 Å². The van der Waals surface area contributed by atoms with Crippen molar-refractivity contribution in [2.75, 3.05) is 19.8 Å². The van der Waals surface area contributed by atoms with E-state index in [0.717, 1.165) is 36.0 Å². The Bertz CT molecular complexity index is 525. The Morgan fingerprint density at radius 1 is 1.42 bits per heavy atom. The molecule has 0 atom stereocenters. The molecule has 0 unspecified atom stereocenters. The van der Waals surface area contributed by atoms with Crippen LogP contribution in [0, 0.1) is 11.3 Å². The summed E-state index contributed by atoms with van der Waals surface area (Å²) in [7, 11) is 0. The van der Waals surface area contributed by atoms with Crippen LogP contribution >= 0.6 is 15.9 Å². The molecule has 1 aliphatic heterocycles. The Hall–Kier alpha value is -1.18. The molecule has 1 fully saturated rings. The highest BCUT2D eigenvalue weighted by Gasteiger charge is 2.15. The fourth-order valence-corrected chi connectivity index (χ4v) is 2.57. The first-order chi connectivity index (χ1) is 9.24. The van der Waals surface area contributed by atoms with Crippen LogP contribution in [0.1, 0.15) is 24.0 Å². The fourth-order valence-electron chi connectivity index (χ4n) is 2.18. The number of allylic oxidation sites excluding steroid dienone is 1. The van der Waals surface area contributed by atoms with Gasteiger partial charge in [0.25, 0.3) is 0 Å². The first-order valence-electron chi connectivity index (χ1n) is 6.39. The van der Waals surface area contributed by atoms with Gasteiger partial charge < -0.3 is 5.32 Å². The quantitative estimate of drug-likeness (QED) is 0.842. The third-order valence-electron chi connectivity index (χ3n) is 3.37. The van der Waals surface area contributed by atoms with Gasteiger partial charge in [-0.15, -0.1) is 0 Å². The van der Waals surface area contributed by atoms with Crippen molar-refractivity contribution in [2.45, 2.75) is 19.3 Å². The van der Waals surface area contributed by atoms with Crippen LogP contribution in [0.15, 0.2) is 33.8 Å². The second-order valence-corrected chi connectivity index (χ2v) is 5.55. The molecule has 100 valence electrons. The summed E-state index contributed by atoms with van der Waals surface area (Å²) in [5.74, 6) is 0. The third-order valence-corrected chi connectivity index (χ3v) is 4.14. The van der Waals surface area contributed by atoms with Gasteiger partial charge >= 0.3 is 0 Å². The molecule has 0 amide bonds. The van der Waals surface area contributed by atoms with E-state index in [2.05, 4.69) is 27.3 Å².